The van der Waals surface area contributed by atoms with Crippen molar-refractivity contribution in [3.63, 3.8) is 0 Å². The molecule has 0 unspecified atom stereocenters. The van der Waals surface area contributed by atoms with Gasteiger partial charge < -0.3 is 0 Å². The van der Waals surface area contributed by atoms with Gasteiger partial charge in [0, 0.05) is 17.6 Å². The number of benzene rings is 1. The highest BCUT2D eigenvalue weighted by Crippen LogP contribution is 2.39. The molecule has 23 heavy (non-hydrogen) atoms. The molecule has 1 aliphatic rings. The van der Waals surface area contributed by atoms with E-state index in [4.69, 9.17) is 0 Å². The van der Waals surface area contributed by atoms with Gasteiger partial charge in [0.1, 0.15) is 5.83 Å². The maximum absolute atomic E-state index is 14.4. The molecule has 1 aliphatic carbocycles. The molecule has 0 bridgehead atoms. The van der Waals surface area contributed by atoms with Gasteiger partial charge in [0.2, 0.25) is 0 Å². The maximum Gasteiger partial charge on any atom is 0.270 e. The quantitative estimate of drug-likeness (QED) is 0.504. The van der Waals surface area contributed by atoms with Crippen LogP contribution in [0.15, 0.2) is 36.2 Å². The van der Waals surface area contributed by atoms with E-state index in [1.54, 1.807) is 0 Å². The van der Waals surface area contributed by atoms with Crippen molar-refractivity contribution in [2.24, 2.45) is 11.8 Å². The fourth-order valence-electron chi connectivity index (χ4n) is 3.28. The predicted molar refractivity (Wildman–Crippen MR) is 86.1 cm³/mol. The Kier molecular flexibility index (Phi) is 6.43. The van der Waals surface area contributed by atoms with Gasteiger partial charge in [0.25, 0.3) is 6.08 Å². The van der Waals surface area contributed by atoms with Crippen LogP contribution in [0.3, 0.4) is 0 Å². The lowest BCUT2D eigenvalue weighted by Crippen LogP contribution is -2.15. The van der Waals surface area contributed by atoms with Crippen LogP contribution in [0.1, 0.15) is 56.6 Å². The Labute approximate surface area is 134 Å². The molecule has 0 aliphatic heterocycles. The molecule has 126 valence electrons. The lowest BCUT2D eigenvalue weighted by molar-refractivity contribution is 0.261. The molecule has 0 nitrogen and oxygen atoms in total. The first-order valence-electron chi connectivity index (χ1n) is 8.19. The minimum absolute atomic E-state index is 0.106. The van der Waals surface area contributed by atoms with Crippen molar-refractivity contribution in [2.45, 2.75) is 45.4 Å². The summed E-state index contributed by atoms with van der Waals surface area (Å²) in [5.41, 5.74) is 0.372. The van der Waals surface area contributed by atoms with Crippen molar-refractivity contribution in [1.82, 2.24) is 0 Å². The molecule has 0 radical (unpaired) electrons. The van der Waals surface area contributed by atoms with Gasteiger partial charge >= 0.3 is 0 Å². The zero-order chi connectivity index (χ0) is 16.8. The topological polar surface area (TPSA) is 0 Å². The van der Waals surface area contributed by atoms with Gasteiger partial charge in [-0.1, -0.05) is 44.0 Å². The molecule has 0 aromatic heterocycles. The predicted octanol–water partition coefficient (Wildman–Crippen LogP) is 7.14. The zero-order valence-corrected chi connectivity index (χ0v) is 13.3. The van der Waals surface area contributed by atoms with E-state index in [2.05, 4.69) is 6.92 Å². The third-order valence-corrected chi connectivity index (χ3v) is 4.55. The number of halogens is 4. The average molecular weight is 326 g/mol. The highest BCUT2D eigenvalue weighted by Gasteiger charge is 2.26. The Morgan fingerprint density at radius 1 is 1.00 bits per heavy atom. The summed E-state index contributed by atoms with van der Waals surface area (Å²) in [4.78, 5) is 0. The molecule has 0 heterocycles. The van der Waals surface area contributed by atoms with Crippen LogP contribution in [0, 0.1) is 11.8 Å². The smallest absolute Gasteiger partial charge is 0.208 e. The summed E-state index contributed by atoms with van der Waals surface area (Å²) in [6.45, 7) is 2.14. The Hall–Kier alpha value is -1.58. The summed E-state index contributed by atoms with van der Waals surface area (Å²) in [7, 11) is 0. The summed E-state index contributed by atoms with van der Waals surface area (Å²) in [5.74, 6) is -1.28. The van der Waals surface area contributed by atoms with E-state index in [0.717, 1.165) is 25.7 Å². The number of hydrogen-bond donors (Lipinski definition) is 0. The first-order chi connectivity index (χ1) is 11.0. The van der Waals surface area contributed by atoms with Crippen LogP contribution in [-0.4, -0.2) is 0 Å². The molecule has 1 saturated carbocycles. The normalized spacial score (nSPS) is 22.5. The molecule has 0 N–H and O–H groups in total. The highest BCUT2D eigenvalue weighted by atomic mass is 19.3. The van der Waals surface area contributed by atoms with Crippen LogP contribution in [0.2, 0.25) is 0 Å². The van der Waals surface area contributed by atoms with E-state index in [0.29, 0.717) is 24.8 Å². The largest absolute Gasteiger partial charge is 0.270 e. The molecule has 0 atom stereocenters. The van der Waals surface area contributed by atoms with Crippen molar-refractivity contribution in [3.8, 4) is 0 Å². The number of allylic oxidation sites excluding steroid dienone is 1. The SMILES string of the molecule is CCCC1CCC(/C(F)=C(\F)c2ccc(C=C(F)F)cc2)CC1. The average Bonchev–Trinajstić information content (AvgIpc) is 2.55. The van der Waals surface area contributed by atoms with Crippen molar-refractivity contribution in [3.05, 3.63) is 47.3 Å². The van der Waals surface area contributed by atoms with Crippen LogP contribution in [-0.2, 0) is 0 Å². The second kappa shape index (κ2) is 8.32. The Morgan fingerprint density at radius 3 is 2.13 bits per heavy atom. The molecular formula is C19H22F4. The Bertz CT molecular complexity index is 560. The standard InChI is InChI=1S/C19H22F4/c1-2-3-13-4-8-15(9-5-13)18(22)19(23)16-10-6-14(7-11-16)12-17(20)21/h6-7,10-13,15H,2-5,8-9H2,1H3/b19-18+. The van der Waals surface area contributed by atoms with E-state index < -0.39 is 17.7 Å². The number of hydrogen-bond acceptors (Lipinski definition) is 0. The third kappa shape index (κ3) is 4.95. The molecule has 0 saturated heterocycles. The Morgan fingerprint density at radius 2 is 1.61 bits per heavy atom. The molecular weight excluding hydrogens is 304 g/mol. The van der Waals surface area contributed by atoms with Crippen LogP contribution in [0.25, 0.3) is 11.9 Å². The van der Waals surface area contributed by atoms with Crippen molar-refractivity contribution < 1.29 is 17.6 Å². The van der Waals surface area contributed by atoms with E-state index in [9.17, 15) is 17.6 Å². The van der Waals surface area contributed by atoms with E-state index in [1.807, 2.05) is 0 Å². The molecule has 1 aromatic rings. The highest BCUT2D eigenvalue weighted by molar-refractivity contribution is 5.63. The van der Waals surface area contributed by atoms with E-state index in [1.165, 1.54) is 24.3 Å². The summed E-state index contributed by atoms with van der Waals surface area (Å²) in [6.07, 6.45) is 4.40. The zero-order valence-electron chi connectivity index (χ0n) is 13.3. The second-order valence-corrected chi connectivity index (χ2v) is 6.22. The van der Waals surface area contributed by atoms with Gasteiger partial charge in [-0.15, -0.1) is 0 Å². The van der Waals surface area contributed by atoms with Crippen LogP contribution < -0.4 is 0 Å². The number of rotatable bonds is 5. The summed E-state index contributed by atoms with van der Waals surface area (Å²) in [5, 5.41) is 0. The molecule has 0 amide bonds. The fourth-order valence-corrected chi connectivity index (χ4v) is 3.28. The Balaban J connectivity index is 2.07. The van der Waals surface area contributed by atoms with Gasteiger partial charge in [0.05, 0.1) is 0 Å². The summed E-state index contributed by atoms with van der Waals surface area (Å²) < 4.78 is 53.0. The van der Waals surface area contributed by atoms with Crippen LogP contribution in [0.4, 0.5) is 17.6 Å². The summed E-state index contributed by atoms with van der Waals surface area (Å²) >= 11 is 0. The van der Waals surface area contributed by atoms with Gasteiger partial charge in [-0.25, -0.2) is 8.78 Å². The fraction of sp³-hybridized carbons (Fsp3) is 0.474. The van der Waals surface area contributed by atoms with Gasteiger partial charge in [0.15, 0.2) is 5.83 Å². The minimum atomic E-state index is -1.82. The second-order valence-electron chi connectivity index (χ2n) is 6.22. The molecule has 0 spiro atoms. The molecule has 4 heteroatoms. The van der Waals surface area contributed by atoms with Crippen molar-refractivity contribution >= 4 is 11.9 Å². The van der Waals surface area contributed by atoms with Crippen molar-refractivity contribution in [2.75, 3.05) is 0 Å². The lowest BCUT2D eigenvalue weighted by atomic mass is 9.79. The van der Waals surface area contributed by atoms with Gasteiger partial charge in [-0.05, 0) is 37.2 Å². The van der Waals surface area contributed by atoms with Crippen LogP contribution >= 0.6 is 0 Å². The minimum Gasteiger partial charge on any atom is -0.208 e. The van der Waals surface area contributed by atoms with Gasteiger partial charge in [-0.2, -0.15) is 8.78 Å². The lowest BCUT2D eigenvalue weighted by Gasteiger charge is -2.27. The first-order valence-corrected chi connectivity index (χ1v) is 8.19. The maximum atomic E-state index is 14.4. The summed E-state index contributed by atoms with van der Waals surface area (Å²) in [6, 6.07) is 5.40. The van der Waals surface area contributed by atoms with E-state index >= 15 is 0 Å². The monoisotopic (exact) mass is 326 g/mol. The van der Waals surface area contributed by atoms with E-state index in [-0.39, 0.29) is 17.0 Å². The molecule has 1 aromatic carbocycles. The first kappa shape index (κ1) is 17.8. The third-order valence-electron chi connectivity index (χ3n) is 4.55. The van der Waals surface area contributed by atoms with Gasteiger partial charge in [-0.3, -0.25) is 0 Å². The molecule has 2 rings (SSSR count). The molecule has 1 fully saturated rings. The van der Waals surface area contributed by atoms with Crippen LogP contribution in [0.5, 0.6) is 0 Å². The van der Waals surface area contributed by atoms with Crippen molar-refractivity contribution in [1.29, 1.82) is 0 Å².